The molecule has 0 bridgehead atoms. The van der Waals surface area contributed by atoms with Crippen molar-refractivity contribution in [1.82, 2.24) is 10.2 Å². The van der Waals surface area contributed by atoms with Gasteiger partial charge in [-0.2, -0.15) is 0 Å². The van der Waals surface area contributed by atoms with Crippen molar-refractivity contribution in [2.45, 2.75) is 78.8 Å². The summed E-state index contributed by atoms with van der Waals surface area (Å²) in [5.74, 6) is 0.873. The van der Waals surface area contributed by atoms with Crippen LogP contribution in [0.15, 0.2) is 0 Å². The predicted octanol–water partition coefficient (Wildman–Crippen LogP) is 3.91. The summed E-state index contributed by atoms with van der Waals surface area (Å²) < 4.78 is 0. The molecule has 1 fully saturated rings. The van der Waals surface area contributed by atoms with Gasteiger partial charge >= 0.3 is 0 Å². The van der Waals surface area contributed by atoms with Crippen molar-refractivity contribution in [3.8, 4) is 0 Å². The highest BCUT2D eigenvalue weighted by Crippen LogP contribution is 2.30. The van der Waals surface area contributed by atoms with E-state index in [4.69, 9.17) is 0 Å². The molecule has 19 heavy (non-hydrogen) atoms. The van der Waals surface area contributed by atoms with Crippen LogP contribution in [0.2, 0.25) is 0 Å². The summed E-state index contributed by atoms with van der Waals surface area (Å²) in [4.78, 5) is 2.65. The van der Waals surface area contributed by atoms with Crippen LogP contribution in [0, 0.1) is 11.3 Å². The second-order valence-corrected chi connectivity index (χ2v) is 7.44. The summed E-state index contributed by atoms with van der Waals surface area (Å²) in [6.45, 7) is 14.0. The quantitative estimate of drug-likeness (QED) is 0.753. The lowest BCUT2D eigenvalue weighted by Crippen LogP contribution is -2.47. The third-order valence-corrected chi connectivity index (χ3v) is 5.05. The van der Waals surface area contributed by atoms with Gasteiger partial charge in [-0.05, 0) is 37.6 Å². The number of hydrogen-bond donors (Lipinski definition) is 1. The minimum Gasteiger partial charge on any atom is -0.314 e. The molecule has 2 heteroatoms. The van der Waals surface area contributed by atoms with Crippen molar-refractivity contribution in [3.63, 3.8) is 0 Å². The Morgan fingerprint density at radius 2 is 1.89 bits per heavy atom. The largest absolute Gasteiger partial charge is 0.314 e. The van der Waals surface area contributed by atoms with Crippen molar-refractivity contribution in [2.24, 2.45) is 11.3 Å². The monoisotopic (exact) mass is 268 g/mol. The molecule has 3 unspecified atom stereocenters. The molecule has 114 valence electrons. The zero-order valence-electron chi connectivity index (χ0n) is 14.1. The fourth-order valence-electron chi connectivity index (χ4n) is 3.41. The van der Waals surface area contributed by atoms with Gasteiger partial charge in [0, 0.05) is 25.2 Å². The normalized spacial score (nSPS) is 27.8. The lowest BCUT2D eigenvalue weighted by molar-refractivity contribution is 0.0867. The zero-order chi connectivity index (χ0) is 14.5. The van der Waals surface area contributed by atoms with E-state index in [-0.39, 0.29) is 0 Å². The van der Waals surface area contributed by atoms with E-state index in [0.717, 1.165) is 18.5 Å². The average molecular weight is 268 g/mol. The van der Waals surface area contributed by atoms with Gasteiger partial charge in [-0.25, -0.2) is 0 Å². The first-order chi connectivity index (χ1) is 8.88. The van der Waals surface area contributed by atoms with Gasteiger partial charge in [0.25, 0.3) is 0 Å². The molecule has 2 nitrogen and oxygen atoms in total. The van der Waals surface area contributed by atoms with Crippen molar-refractivity contribution in [1.29, 1.82) is 0 Å². The molecule has 0 aromatic heterocycles. The van der Waals surface area contributed by atoms with E-state index in [0.29, 0.717) is 11.5 Å². The molecule has 1 saturated carbocycles. The second-order valence-electron chi connectivity index (χ2n) is 7.44. The Labute approximate surface area is 121 Å². The summed E-state index contributed by atoms with van der Waals surface area (Å²) in [6, 6.07) is 1.39. The SMILES string of the molecule is CCC(C)(CNC(C)C)CN(C)C1CCCCC1C. The Hall–Kier alpha value is -0.0800. The van der Waals surface area contributed by atoms with Gasteiger partial charge in [0.1, 0.15) is 0 Å². The first-order valence-corrected chi connectivity index (χ1v) is 8.31. The van der Waals surface area contributed by atoms with Gasteiger partial charge in [0.05, 0.1) is 0 Å². The van der Waals surface area contributed by atoms with E-state index in [1.54, 1.807) is 0 Å². The standard InChI is InChI=1S/C17H36N2/c1-7-17(5,12-18-14(2)3)13-19(6)16-11-9-8-10-15(16)4/h14-16,18H,7-13H2,1-6H3. The predicted molar refractivity (Wildman–Crippen MR) is 85.6 cm³/mol. The minimum atomic E-state index is 0.399. The van der Waals surface area contributed by atoms with Gasteiger partial charge in [-0.3, -0.25) is 0 Å². The van der Waals surface area contributed by atoms with E-state index >= 15 is 0 Å². The smallest absolute Gasteiger partial charge is 0.0118 e. The molecular weight excluding hydrogens is 232 g/mol. The molecule has 0 aromatic carbocycles. The van der Waals surface area contributed by atoms with Gasteiger partial charge in [-0.1, -0.05) is 47.5 Å². The van der Waals surface area contributed by atoms with Crippen molar-refractivity contribution in [2.75, 3.05) is 20.1 Å². The molecule has 3 atom stereocenters. The van der Waals surface area contributed by atoms with Gasteiger partial charge in [0.2, 0.25) is 0 Å². The maximum atomic E-state index is 3.63. The van der Waals surface area contributed by atoms with Crippen LogP contribution < -0.4 is 5.32 Å². The third-order valence-electron chi connectivity index (χ3n) is 5.05. The van der Waals surface area contributed by atoms with Gasteiger partial charge < -0.3 is 10.2 Å². The van der Waals surface area contributed by atoms with Crippen molar-refractivity contribution < 1.29 is 0 Å². The maximum Gasteiger partial charge on any atom is 0.0118 e. The molecule has 1 aliphatic carbocycles. The fourth-order valence-corrected chi connectivity index (χ4v) is 3.41. The zero-order valence-corrected chi connectivity index (χ0v) is 14.1. The minimum absolute atomic E-state index is 0.399. The molecule has 1 rings (SSSR count). The van der Waals surface area contributed by atoms with Gasteiger partial charge in [0.15, 0.2) is 0 Å². The van der Waals surface area contributed by atoms with E-state index < -0.39 is 0 Å². The molecule has 0 aliphatic heterocycles. The summed E-state index contributed by atoms with van der Waals surface area (Å²) in [5.41, 5.74) is 0.399. The molecule has 0 heterocycles. The molecule has 0 radical (unpaired) electrons. The highest BCUT2D eigenvalue weighted by Gasteiger charge is 2.30. The molecule has 0 amide bonds. The number of hydrogen-bond acceptors (Lipinski definition) is 2. The summed E-state index contributed by atoms with van der Waals surface area (Å²) in [5, 5.41) is 3.63. The lowest BCUT2D eigenvalue weighted by Gasteiger charge is -2.41. The first kappa shape index (κ1) is 17.0. The average Bonchev–Trinajstić information content (AvgIpc) is 2.37. The van der Waals surface area contributed by atoms with Crippen molar-refractivity contribution in [3.05, 3.63) is 0 Å². The fraction of sp³-hybridized carbons (Fsp3) is 1.00. The maximum absolute atomic E-state index is 3.63. The Balaban J connectivity index is 2.53. The van der Waals surface area contributed by atoms with E-state index in [9.17, 15) is 0 Å². The Kier molecular flexibility index (Phi) is 6.82. The lowest BCUT2D eigenvalue weighted by atomic mass is 9.82. The molecule has 0 saturated heterocycles. The van der Waals surface area contributed by atoms with Crippen LogP contribution in [-0.4, -0.2) is 37.1 Å². The van der Waals surface area contributed by atoms with Crippen LogP contribution in [0.25, 0.3) is 0 Å². The third kappa shape index (κ3) is 5.43. The highest BCUT2D eigenvalue weighted by molar-refractivity contribution is 4.85. The van der Waals surface area contributed by atoms with Crippen LogP contribution in [-0.2, 0) is 0 Å². The molecule has 0 spiro atoms. The number of nitrogens with zero attached hydrogens (tertiary/aromatic N) is 1. The first-order valence-electron chi connectivity index (χ1n) is 8.31. The topological polar surface area (TPSA) is 15.3 Å². The van der Waals surface area contributed by atoms with Crippen molar-refractivity contribution >= 4 is 0 Å². The van der Waals surface area contributed by atoms with Crippen LogP contribution in [0.4, 0.5) is 0 Å². The molecule has 0 aromatic rings. The molecule has 1 N–H and O–H groups in total. The van der Waals surface area contributed by atoms with Crippen LogP contribution in [0.3, 0.4) is 0 Å². The van der Waals surface area contributed by atoms with Crippen LogP contribution >= 0.6 is 0 Å². The number of rotatable bonds is 7. The van der Waals surface area contributed by atoms with E-state index in [2.05, 4.69) is 51.9 Å². The summed E-state index contributed by atoms with van der Waals surface area (Å²) >= 11 is 0. The summed E-state index contributed by atoms with van der Waals surface area (Å²) in [6.07, 6.45) is 6.92. The molecule has 1 aliphatic rings. The van der Waals surface area contributed by atoms with E-state index in [1.807, 2.05) is 0 Å². The molecular formula is C17H36N2. The van der Waals surface area contributed by atoms with Gasteiger partial charge in [-0.15, -0.1) is 0 Å². The highest BCUT2D eigenvalue weighted by atomic mass is 15.1. The number of nitrogens with one attached hydrogen (secondary N) is 1. The van der Waals surface area contributed by atoms with E-state index in [1.165, 1.54) is 38.6 Å². The second kappa shape index (κ2) is 7.64. The Morgan fingerprint density at radius 1 is 1.26 bits per heavy atom. The van der Waals surface area contributed by atoms with Crippen LogP contribution in [0.1, 0.15) is 66.7 Å². The Morgan fingerprint density at radius 3 is 2.42 bits per heavy atom. The Bertz CT molecular complexity index is 252. The summed E-state index contributed by atoms with van der Waals surface area (Å²) in [7, 11) is 2.34. The van der Waals surface area contributed by atoms with Crippen LogP contribution in [0.5, 0.6) is 0 Å².